The van der Waals surface area contributed by atoms with E-state index in [2.05, 4.69) is 0 Å². The number of carbonyl (C=O) groups excluding carboxylic acids is 2. The van der Waals surface area contributed by atoms with E-state index in [0.29, 0.717) is 13.0 Å². The number of halogens is 2. The Balaban J connectivity index is 1.69. The summed E-state index contributed by atoms with van der Waals surface area (Å²) in [5, 5.41) is 0. The molecular weight excluding hydrogens is 338 g/mol. The van der Waals surface area contributed by atoms with Gasteiger partial charge in [0.2, 0.25) is 11.8 Å². The fourth-order valence-corrected chi connectivity index (χ4v) is 3.12. The highest BCUT2D eigenvalue weighted by molar-refractivity contribution is 5.94. The number of hydrogen-bond acceptors (Lipinski definition) is 2. The van der Waals surface area contributed by atoms with E-state index < -0.39 is 17.7 Å². The lowest BCUT2D eigenvalue weighted by molar-refractivity contribution is -0.155. The molecule has 2 aromatic carbocycles. The highest BCUT2D eigenvalue weighted by Crippen LogP contribution is 2.20. The van der Waals surface area contributed by atoms with Crippen LogP contribution in [0.1, 0.15) is 18.1 Å². The van der Waals surface area contributed by atoms with Gasteiger partial charge in [-0.05, 0) is 31.0 Å². The summed E-state index contributed by atoms with van der Waals surface area (Å²) in [6.07, 6.45) is 0.647. The summed E-state index contributed by atoms with van der Waals surface area (Å²) in [5.74, 6) is -1.96. The van der Waals surface area contributed by atoms with Gasteiger partial charge < -0.3 is 9.80 Å². The molecule has 0 bridgehead atoms. The van der Waals surface area contributed by atoms with E-state index >= 15 is 0 Å². The van der Waals surface area contributed by atoms with Gasteiger partial charge in [0.1, 0.15) is 17.7 Å². The van der Waals surface area contributed by atoms with Crippen molar-refractivity contribution in [3.8, 4) is 0 Å². The molecule has 2 aromatic rings. The molecule has 1 saturated heterocycles. The van der Waals surface area contributed by atoms with Crippen molar-refractivity contribution in [2.75, 3.05) is 13.1 Å². The maximum atomic E-state index is 13.9. The van der Waals surface area contributed by atoms with Gasteiger partial charge in [-0.2, -0.15) is 0 Å². The maximum absolute atomic E-state index is 13.9. The zero-order valence-electron chi connectivity index (χ0n) is 14.5. The lowest BCUT2D eigenvalue weighted by atomic mass is 10.1. The van der Waals surface area contributed by atoms with Crippen molar-refractivity contribution in [3.63, 3.8) is 0 Å². The van der Waals surface area contributed by atoms with Gasteiger partial charge in [-0.25, -0.2) is 8.78 Å². The molecular formula is C20H20F2N2O2. The second kappa shape index (κ2) is 7.64. The predicted molar refractivity (Wildman–Crippen MR) is 93.1 cm³/mol. The van der Waals surface area contributed by atoms with Crippen molar-refractivity contribution in [1.29, 1.82) is 0 Å². The standard InChI is InChI=1S/C20H20F2N2O2/c1-14-20(26)23(11-10-15-6-3-2-4-7-15)13-19(25)24(14)12-16-17(21)8-5-9-18(16)22/h2-9,14H,10-13H2,1H3/t14-/m0/s1. The van der Waals surface area contributed by atoms with Crippen LogP contribution in [-0.2, 0) is 22.6 Å². The summed E-state index contributed by atoms with van der Waals surface area (Å²) in [6.45, 7) is 1.69. The van der Waals surface area contributed by atoms with Crippen molar-refractivity contribution in [2.45, 2.75) is 25.9 Å². The minimum absolute atomic E-state index is 0.0773. The van der Waals surface area contributed by atoms with Crippen LogP contribution < -0.4 is 0 Å². The zero-order chi connectivity index (χ0) is 18.7. The molecule has 136 valence electrons. The molecule has 1 aliphatic rings. The van der Waals surface area contributed by atoms with Crippen molar-refractivity contribution in [3.05, 3.63) is 71.3 Å². The molecule has 0 aliphatic carbocycles. The van der Waals surface area contributed by atoms with Crippen LogP contribution in [0.5, 0.6) is 0 Å². The van der Waals surface area contributed by atoms with Crippen molar-refractivity contribution in [2.24, 2.45) is 0 Å². The summed E-state index contributed by atoms with van der Waals surface area (Å²) in [7, 11) is 0. The summed E-state index contributed by atoms with van der Waals surface area (Å²) in [5.41, 5.74) is 0.884. The SMILES string of the molecule is C[C@H]1C(=O)N(CCc2ccccc2)CC(=O)N1Cc1c(F)cccc1F. The lowest BCUT2D eigenvalue weighted by Crippen LogP contribution is -2.58. The van der Waals surface area contributed by atoms with Crippen molar-refractivity contribution in [1.82, 2.24) is 9.80 Å². The summed E-state index contributed by atoms with van der Waals surface area (Å²) < 4.78 is 27.7. The number of benzene rings is 2. The van der Waals surface area contributed by atoms with E-state index in [4.69, 9.17) is 0 Å². The quantitative estimate of drug-likeness (QED) is 0.825. The Morgan fingerprint density at radius 1 is 1.00 bits per heavy atom. The topological polar surface area (TPSA) is 40.6 Å². The molecule has 2 amide bonds. The Morgan fingerprint density at radius 2 is 1.65 bits per heavy atom. The van der Waals surface area contributed by atoms with Crippen LogP contribution in [0.3, 0.4) is 0 Å². The Bertz CT molecular complexity index is 790. The number of nitrogens with zero attached hydrogens (tertiary/aromatic N) is 2. The number of amides is 2. The number of piperazine rings is 1. The molecule has 0 saturated carbocycles. The molecule has 0 N–H and O–H groups in total. The first-order chi connectivity index (χ1) is 12.5. The van der Waals surface area contributed by atoms with Crippen LogP contribution in [0, 0.1) is 11.6 Å². The van der Waals surface area contributed by atoms with E-state index in [1.165, 1.54) is 15.9 Å². The first-order valence-electron chi connectivity index (χ1n) is 8.52. The summed E-state index contributed by atoms with van der Waals surface area (Å²) in [6, 6.07) is 12.5. The maximum Gasteiger partial charge on any atom is 0.245 e. The van der Waals surface area contributed by atoms with Gasteiger partial charge in [0, 0.05) is 12.1 Å². The molecule has 4 nitrogen and oxygen atoms in total. The smallest absolute Gasteiger partial charge is 0.245 e. The van der Waals surface area contributed by atoms with Crippen LogP contribution in [0.25, 0.3) is 0 Å². The molecule has 1 fully saturated rings. The number of carbonyl (C=O) groups is 2. The van der Waals surface area contributed by atoms with E-state index in [0.717, 1.165) is 17.7 Å². The molecule has 1 heterocycles. The van der Waals surface area contributed by atoms with Gasteiger partial charge in [0.15, 0.2) is 0 Å². The highest BCUT2D eigenvalue weighted by atomic mass is 19.1. The molecule has 6 heteroatoms. The Labute approximate surface area is 151 Å². The Kier molecular flexibility index (Phi) is 5.30. The first kappa shape index (κ1) is 18.0. The van der Waals surface area contributed by atoms with E-state index in [1.54, 1.807) is 6.92 Å². The molecule has 0 unspecified atom stereocenters. The molecule has 0 spiro atoms. The second-order valence-corrected chi connectivity index (χ2v) is 6.39. The van der Waals surface area contributed by atoms with E-state index in [1.807, 2.05) is 30.3 Å². The van der Waals surface area contributed by atoms with Gasteiger partial charge in [-0.15, -0.1) is 0 Å². The van der Waals surface area contributed by atoms with Crippen molar-refractivity contribution >= 4 is 11.8 Å². The average Bonchev–Trinajstić information content (AvgIpc) is 2.63. The third-order valence-corrected chi connectivity index (χ3v) is 4.69. The van der Waals surface area contributed by atoms with Gasteiger partial charge in [0.25, 0.3) is 0 Å². The number of rotatable bonds is 5. The molecule has 26 heavy (non-hydrogen) atoms. The Hall–Kier alpha value is -2.76. The van der Waals surface area contributed by atoms with Crippen LogP contribution >= 0.6 is 0 Å². The normalized spacial score (nSPS) is 17.7. The summed E-state index contributed by atoms with van der Waals surface area (Å²) >= 11 is 0. The predicted octanol–water partition coefficient (Wildman–Crippen LogP) is 2.77. The second-order valence-electron chi connectivity index (χ2n) is 6.39. The molecule has 1 atom stereocenters. The minimum atomic E-state index is -0.758. The van der Waals surface area contributed by atoms with Crippen LogP contribution in [0.2, 0.25) is 0 Å². The largest absolute Gasteiger partial charge is 0.331 e. The van der Waals surface area contributed by atoms with E-state index in [9.17, 15) is 18.4 Å². The fraction of sp³-hybridized carbons (Fsp3) is 0.300. The molecule has 1 aliphatic heterocycles. The van der Waals surface area contributed by atoms with E-state index in [-0.39, 0.29) is 30.5 Å². The van der Waals surface area contributed by atoms with Crippen LogP contribution in [0.15, 0.2) is 48.5 Å². The summed E-state index contributed by atoms with van der Waals surface area (Å²) in [4.78, 5) is 27.8. The molecule has 0 aromatic heterocycles. The monoisotopic (exact) mass is 358 g/mol. The lowest BCUT2D eigenvalue weighted by Gasteiger charge is -2.39. The van der Waals surface area contributed by atoms with Gasteiger partial charge >= 0.3 is 0 Å². The molecule has 3 rings (SSSR count). The van der Waals surface area contributed by atoms with Crippen molar-refractivity contribution < 1.29 is 18.4 Å². The first-order valence-corrected chi connectivity index (χ1v) is 8.52. The minimum Gasteiger partial charge on any atom is -0.331 e. The van der Waals surface area contributed by atoms with Gasteiger partial charge in [-0.1, -0.05) is 36.4 Å². The number of hydrogen-bond donors (Lipinski definition) is 0. The average molecular weight is 358 g/mol. The third-order valence-electron chi connectivity index (χ3n) is 4.69. The fourth-order valence-electron chi connectivity index (χ4n) is 3.12. The Morgan fingerprint density at radius 3 is 2.31 bits per heavy atom. The zero-order valence-corrected chi connectivity index (χ0v) is 14.5. The van der Waals surface area contributed by atoms with Gasteiger partial charge in [-0.3, -0.25) is 9.59 Å². The third kappa shape index (κ3) is 3.74. The highest BCUT2D eigenvalue weighted by Gasteiger charge is 2.36. The van der Waals surface area contributed by atoms with Crippen LogP contribution in [-0.4, -0.2) is 40.7 Å². The van der Waals surface area contributed by atoms with Crippen LogP contribution in [0.4, 0.5) is 8.78 Å². The molecule has 0 radical (unpaired) electrons. The van der Waals surface area contributed by atoms with Gasteiger partial charge in [0.05, 0.1) is 13.1 Å².